The molecule has 0 amide bonds. The van der Waals surface area contributed by atoms with Gasteiger partial charge in [-0.25, -0.2) is 8.42 Å². The summed E-state index contributed by atoms with van der Waals surface area (Å²) < 4.78 is 26.7. The van der Waals surface area contributed by atoms with Gasteiger partial charge in [-0.15, -0.1) is 0 Å². The molecule has 0 spiro atoms. The molecule has 0 atom stereocenters. The Bertz CT molecular complexity index is 538. The van der Waals surface area contributed by atoms with Crippen LogP contribution in [-0.4, -0.2) is 44.4 Å². The first-order valence-electron chi connectivity index (χ1n) is 6.37. The number of thioether (sulfide) groups is 1. The van der Waals surface area contributed by atoms with Gasteiger partial charge in [0.1, 0.15) is 0 Å². The van der Waals surface area contributed by atoms with Crippen molar-refractivity contribution in [3.05, 3.63) is 29.3 Å². The van der Waals surface area contributed by atoms with Gasteiger partial charge in [0.25, 0.3) is 0 Å². The Morgan fingerprint density at radius 2 is 2.00 bits per heavy atom. The van der Waals surface area contributed by atoms with Crippen molar-refractivity contribution in [1.82, 2.24) is 9.62 Å². The van der Waals surface area contributed by atoms with Crippen LogP contribution in [0.3, 0.4) is 0 Å². The lowest BCUT2D eigenvalue weighted by Crippen LogP contribution is -2.37. The van der Waals surface area contributed by atoms with Gasteiger partial charge in [0.2, 0.25) is 10.0 Å². The minimum absolute atomic E-state index is 0.412. The van der Waals surface area contributed by atoms with Crippen LogP contribution in [0, 0.1) is 6.92 Å². The number of hydrogen-bond donors (Lipinski definition) is 1. The van der Waals surface area contributed by atoms with Crippen LogP contribution in [0.2, 0.25) is 0 Å². The summed E-state index contributed by atoms with van der Waals surface area (Å²) in [6, 6.07) is 5.40. The molecule has 19 heavy (non-hydrogen) atoms. The van der Waals surface area contributed by atoms with Gasteiger partial charge in [0, 0.05) is 31.1 Å². The fraction of sp³-hybridized carbons (Fsp3) is 0.538. The molecule has 1 saturated heterocycles. The molecular weight excluding hydrogens is 280 g/mol. The molecule has 1 N–H and O–H groups in total. The number of nitrogens with one attached hydrogen (secondary N) is 1. The third kappa shape index (κ3) is 3.31. The Balaban J connectivity index is 2.31. The summed E-state index contributed by atoms with van der Waals surface area (Å²) >= 11 is 1.81. The Kier molecular flexibility index (Phi) is 4.89. The third-order valence-electron chi connectivity index (χ3n) is 3.30. The highest BCUT2D eigenvalue weighted by molar-refractivity contribution is 7.99. The molecule has 0 radical (unpaired) electrons. The first kappa shape index (κ1) is 14.8. The first-order chi connectivity index (χ1) is 9.05. The molecule has 0 aliphatic carbocycles. The zero-order valence-electron chi connectivity index (χ0n) is 11.3. The van der Waals surface area contributed by atoms with Crippen molar-refractivity contribution in [2.45, 2.75) is 18.4 Å². The van der Waals surface area contributed by atoms with Gasteiger partial charge in [-0.3, -0.25) is 0 Å². The van der Waals surface area contributed by atoms with Crippen molar-refractivity contribution in [2.24, 2.45) is 0 Å². The van der Waals surface area contributed by atoms with Crippen molar-refractivity contribution in [1.29, 1.82) is 0 Å². The molecule has 1 fully saturated rings. The lowest BCUT2D eigenvalue weighted by molar-refractivity contribution is 0.443. The van der Waals surface area contributed by atoms with Gasteiger partial charge in [0.05, 0.1) is 4.90 Å². The summed E-state index contributed by atoms with van der Waals surface area (Å²) in [5.74, 6) is 1.77. The molecule has 0 saturated carbocycles. The maximum absolute atomic E-state index is 12.6. The van der Waals surface area contributed by atoms with E-state index in [0.29, 0.717) is 24.5 Å². The lowest BCUT2D eigenvalue weighted by Gasteiger charge is -2.26. The number of rotatable bonds is 4. The second kappa shape index (κ2) is 6.26. The standard InChI is InChI=1S/C13H20N2O2S2/c1-11-3-4-13(9-12(11)10-14-2)19(16,17)15-5-7-18-8-6-15/h3-4,9,14H,5-8,10H2,1-2H3. The maximum Gasteiger partial charge on any atom is 0.243 e. The Labute approximate surface area is 119 Å². The van der Waals surface area contributed by atoms with E-state index >= 15 is 0 Å². The second-order valence-electron chi connectivity index (χ2n) is 4.64. The van der Waals surface area contributed by atoms with Gasteiger partial charge >= 0.3 is 0 Å². The predicted octanol–water partition coefficient (Wildman–Crippen LogP) is 1.45. The average Bonchev–Trinajstić information content (AvgIpc) is 2.42. The quantitative estimate of drug-likeness (QED) is 0.914. The number of aryl methyl sites for hydroxylation is 1. The van der Waals surface area contributed by atoms with E-state index in [2.05, 4.69) is 5.32 Å². The van der Waals surface area contributed by atoms with Crippen molar-refractivity contribution < 1.29 is 8.42 Å². The smallest absolute Gasteiger partial charge is 0.243 e. The van der Waals surface area contributed by atoms with E-state index in [9.17, 15) is 8.42 Å². The van der Waals surface area contributed by atoms with Crippen molar-refractivity contribution >= 4 is 21.8 Å². The minimum atomic E-state index is -3.33. The predicted molar refractivity (Wildman–Crippen MR) is 80.0 cm³/mol. The molecule has 1 aliphatic rings. The molecule has 2 rings (SSSR count). The molecular formula is C13H20N2O2S2. The normalized spacial score (nSPS) is 17.6. The SMILES string of the molecule is CNCc1cc(S(=O)(=O)N2CCSCC2)ccc1C. The highest BCUT2D eigenvalue weighted by Gasteiger charge is 2.26. The largest absolute Gasteiger partial charge is 0.316 e. The Morgan fingerprint density at radius 1 is 1.32 bits per heavy atom. The zero-order valence-corrected chi connectivity index (χ0v) is 13.0. The number of hydrogen-bond acceptors (Lipinski definition) is 4. The fourth-order valence-electron chi connectivity index (χ4n) is 2.13. The molecule has 1 heterocycles. The summed E-state index contributed by atoms with van der Waals surface area (Å²) in [6.07, 6.45) is 0. The Hall–Kier alpha value is -0.560. The Morgan fingerprint density at radius 3 is 2.63 bits per heavy atom. The summed E-state index contributed by atoms with van der Waals surface area (Å²) in [5.41, 5.74) is 2.15. The first-order valence-corrected chi connectivity index (χ1v) is 8.97. The van der Waals surface area contributed by atoms with Crippen LogP contribution < -0.4 is 5.32 Å². The molecule has 106 valence electrons. The average molecular weight is 300 g/mol. The van der Waals surface area contributed by atoms with Crippen LogP contribution in [-0.2, 0) is 16.6 Å². The summed E-state index contributed by atoms with van der Waals surface area (Å²) in [7, 11) is -1.46. The molecule has 1 aromatic rings. The van der Waals surface area contributed by atoms with E-state index in [-0.39, 0.29) is 0 Å². The summed E-state index contributed by atoms with van der Waals surface area (Å²) in [6.45, 7) is 3.91. The van der Waals surface area contributed by atoms with Crippen LogP contribution in [0.5, 0.6) is 0 Å². The number of nitrogens with zero attached hydrogens (tertiary/aromatic N) is 1. The molecule has 0 aromatic heterocycles. The van der Waals surface area contributed by atoms with Gasteiger partial charge in [0.15, 0.2) is 0 Å². The molecule has 0 unspecified atom stereocenters. The van der Waals surface area contributed by atoms with Crippen molar-refractivity contribution in [2.75, 3.05) is 31.6 Å². The summed E-state index contributed by atoms with van der Waals surface area (Å²) in [5, 5.41) is 3.07. The van der Waals surface area contributed by atoms with Crippen LogP contribution >= 0.6 is 11.8 Å². The third-order valence-corrected chi connectivity index (χ3v) is 6.13. The van der Waals surface area contributed by atoms with E-state index in [4.69, 9.17) is 0 Å². The maximum atomic E-state index is 12.6. The van der Waals surface area contributed by atoms with E-state index in [1.807, 2.05) is 31.8 Å². The fourth-order valence-corrected chi connectivity index (χ4v) is 4.75. The second-order valence-corrected chi connectivity index (χ2v) is 7.80. The van der Waals surface area contributed by atoms with Crippen LogP contribution in [0.25, 0.3) is 0 Å². The van der Waals surface area contributed by atoms with Crippen LogP contribution in [0.4, 0.5) is 0 Å². The van der Waals surface area contributed by atoms with Gasteiger partial charge in [-0.05, 0) is 37.2 Å². The summed E-state index contributed by atoms with van der Waals surface area (Å²) in [4.78, 5) is 0.412. The molecule has 0 bridgehead atoms. The van der Waals surface area contributed by atoms with Gasteiger partial charge < -0.3 is 5.32 Å². The van der Waals surface area contributed by atoms with E-state index in [0.717, 1.165) is 22.6 Å². The molecule has 4 nitrogen and oxygen atoms in total. The van der Waals surface area contributed by atoms with Gasteiger partial charge in [-0.1, -0.05) is 6.07 Å². The highest BCUT2D eigenvalue weighted by Crippen LogP contribution is 2.22. The molecule has 6 heteroatoms. The topological polar surface area (TPSA) is 49.4 Å². The molecule has 1 aromatic carbocycles. The monoisotopic (exact) mass is 300 g/mol. The molecule has 1 aliphatic heterocycles. The van der Waals surface area contributed by atoms with E-state index in [1.165, 1.54) is 0 Å². The minimum Gasteiger partial charge on any atom is -0.316 e. The van der Waals surface area contributed by atoms with Crippen LogP contribution in [0.1, 0.15) is 11.1 Å². The van der Waals surface area contributed by atoms with E-state index in [1.54, 1.807) is 16.4 Å². The lowest BCUT2D eigenvalue weighted by atomic mass is 10.1. The zero-order chi connectivity index (χ0) is 13.9. The van der Waals surface area contributed by atoms with Crippen LogP contribution in [0.15, 0.2) is 23.1 Å². The van der Waals surface area contributed by atoms with Crippen molar-refractivity contribution in [3.8, 4) is 0 Å². The van der Waals surface area contributed by atoms with Crippen molar-refractivity contribution in [3.63, 3.8) is 0 Å². The highest BCUT2D eigenvalue weighted by atomic mass is 32.2. The number of sulfonamides is 1. The van der Waals surface area contributed by atoms with Gasteiger partial charge in [-0.2, -0.15) is 16.1 Å². The van der Waals surface area contributed by atoms with E-state index < -0.39 is 10.0 Å². The number of benzene rings is 1.